The summed E-state index contributed by atoms with van der Waals surface area (Å²) in [5.74, 6) is 2.57. The number of H-pyrrole nitrogens is 1. The average Bonchev–Trinajstić information content (AvgIpc) is 3.59. The van der Waals surface area contributed by atoms with Gasteiger partial charge in [0.25, 0.3) is 5.89 Å². The molecule has 1 saturated heterocycles. The van der Waals surface area contributed by atoms with Crippen molar-refractivity contribution in [3.8, 4) is 34.7 Å². The first kappa shape index (κ1) is 22.8. The van der Waals surface area contributed by atoms with E-state index in [0.29, 0.717) is 34.5 Å². The summed E-state index contributed by atoms with van der Waals surface area (Å²) in [5, 5.41) is 30.3. The number of nitrogens with zero attached hydrogens (tertiary/aromatic N) is 7. The maximum absolute atomic E-state index is 9.57. The fourth-order valence-corrected chi connectivity index (χ4v) is 4.70. The molecule has 0 unspecified atom stereocenters. The first-order valence-electron chi connectivity index (χ1n) is 12.1. The quantitative estimate of drug-likeness (QED) is 0.353. The first-order chi connectivity index (χ1) is 18.1. The molecule has 37 heavy (non-hydrogen) atoms. The number of nitrogens with one attached hydrogen (secondary N) is 1. The molecule has 0 bridgehead atoms. The van der Waals surface area contributed by atoms with Crippen LogP contribution in [0.3, 0.4) is 0 Å². The number of ether oxygens (including phenoxy) is 1. The topological polar surface area (TPSA) is 130 Å². The highest BCUT2D eigenvalue weighted by atomic mass is 16.5. The van der Waals surface area contributed by atoms with Gasteiger partial charge in [-0.05, 0) is 58.8 Å². The lowest BCUT2D eigenvalue weighted by atomic mass is 9.95. The number of fused-ring (bicyclic) bond motifs is 1. The summed E-state index contributed by atoms with van der Waals surface area (Å²) in [6.07, 6.45) is -0.0302. The van der Waals surface area contributed by atoms with Crippen molar-refractivity contribution in [1.29, 1.82) is 5.26 Å². The van der Waals surface area contributed by atoms with E-state index in [0.717, 1.165) is 41.8 Å². The van der Waals surface area contributed by atoms with Gasteiger partial charge in [-0.2, -0.15) is 10.2 Å². The molecule has 1 N–H and O–H groups in total. The smallest absolute Gasteiger partial charge is 0.258 e. The highest BCUT2D eigenvalue weighted by molar-refractivity contribution is 5.97. The van der Waals surface area contributed by atoms with Crippen molar-refractivity contribution in [2.24, 2.45) is 0 Å². The van der Waals surface area contributed by atoms with Gasteiger partial charge in [0.15, 0.2) is 5.82 Å². The molecule has 0 atom stereocenters. The number of nitriles is 1. The molecule has 0 spiro atoms. The van der Waals surface area contributed by atoms with Gasteiger partial charge >= 0.3 is 0 Å². The lowest BCUT2D eigenvalue weighted by Crippen LogP contribution is -2.44. The summed E-state index contributed by atoms with van der Waals surface area (Å²) in [7, 11) is 0. The van der Waals surface area contributed by atoms with Crippen LogP contribution in [-0.4, -0.2) is 54.9 Å². The average molecular weight is 493 g/mol. The van der Waals surface area contributed by atoms with Crippen LogP contribution in [0, 0.1) is 11.3 Å². The Bertz CT molecular complexity index is 1600. The molecule has 3 heterocycles. The summed E-state index contributed by atoms with van der Waals surface area (Å²) >= 11 is 0. The van der Waals surface area contributed by atoms with Gasteiger partial charge < -0.3 is 9.26 Å². The van der Waals surface area contributed by atoms with Crippen molar-refractivity contribution >= 4 is 10.8 Å². The van der Waals surface area contributed by atoms with Gasteiger partial charge in [-0.1, -0.05) is 41.6 Å². The van der Waals surface area contributed by atoms with Crippen LogP contribution in [-0.2, 0) is 6.54 Å². The number of hydrogen-bond acceptors (Lipinski definition) is 9. The second-order valence-corrected chi connectivity index (χ2v) is 9.41. The van der Waals surface area contributed by atoms with E-state index in [2.05, 4.69) is 59.9 Å². The number of hydrogen-bond donors (Lipinski definition) is 1. The molecule has 6 rings (SSSR count). The van der Waals surface area contributed by atoms with Crippen LogP contribution in [0.25, 0.3) is 33.6 Å². The molecule has 3 aromatic carbocycles. The standard InChI is InChI=1S/C27H24N8O2/c1-16(2)36-24-10-8-17(11-19(24)12-28)27-29-26(32-37-27)23-9-7-18(21-5-3-4-6-22(21)23)13-35-14-20(15-35)25-30-33-34-31-25/h3-11,16,20H,13-15H2,1-2H3,(H,30,31,33,34). The number of likely N-dealkylation sites (tertiary alicyclic amines) is 1. The maximum atomic E-state index is 9.57. The molecule has 5 aromatic rings. The molecule has 184 valence electrons. The van der Waals surface area contributed by atoms with Gasteiger partial charge in [0.2, 0.25) is 5.82 Å². The Kier molecular flexibility index (Phi) is 5.82. The van der Waals surface area contributed by atoms with E-state index >= 15 is 0 Å². The Morgan fingerprint density at radius 3 is 2.73 bits per heavy atom. The third-order valence-electron chi connectivity index (χ3n) is 6.49. The zero-order valence-electron chi connectivity index (χ0n) is 20.4. The Hall–Kier alpha value is -4.62. The van der Waals surface area contributed by atoms with Crippen LogP contribution in [0.4, 0.5) is 0 Å². The van der Waals surface area contributed by atoms with Crippen LogP contribution >= 0.6 is 0 Å². The Labute approximate surface area is 212 Å². The monoisotopic (exact) mass is 492 g/mol. The van der Waals surface area contributed by atoms with Crippen LogP contribution < -0.4 is 4.74 Å². The number of benzene rings is 3. The number of aromatic amines is 1. The molecule has 1 fully saturated rings. The van der Waals surface area contributed by atoms with Crippen LogP contribution in [0.2, 0.25) is 0 Å². The SMILES string of the molecule is CC(C)Oc1ccc(-c2nc(-c3ccc(CN4CC(c5nnn[nH]5)C4)c4ccccc34)no2)cc1C#N. The van der Waals surface area contributed by atoms with Crippen molar-refractivity contribution in [1.82, 2.24) is 35.7 Å². The second-order valence-electron chi connectivity index (χ2n) is 9.41. The molecule has 0 aliphatic carbocycles. The zero-order chi connectivity index (χ0) is 25.4. The molecular weight excluding hydrogens is 468 g/mol. The minimum Gasteiger partial charge on any atom is -0.490 e. The summed E-state index contributed by atoms with van der Waals surface area (Å²) < 4.78 is 11.3. The minimum atomic E-state index is -0.0302. The van der Waals surface area contributed by atoms with Crippen molar-refractivity contribution < 1.29 is 9.26 Å². The van der Waals surface area contributed by atoms with Gasteiger partial charge in [-0.3, -0.25) is 4.90 Å². The fourth-order valence-electron chi connectivity index (χ4n) is 4.70. The molecule has 1 aliphatic rings. The normalized spacial score (nSPS) is 14.1. The van der Waals surface area contributed by atoms with Gasteiger partial charge in [-0.25, -0.2) is 5.10 Å². The van der Waals surface area contributed by atoms with Gasteiger partial charge in [0, 0.05) is 36.7 Å². The molecule has 0 radical (unpaired) electrons. The third kappa shape index (κ3) is 4.41. The van der Waals surface area contributed by atoms with Crippen LogP contribution in [0.15, 0.2) is 59.1 Å². The summed E-state index contributed by atoms with van der Waals surface area (Å²) in [4.78, 5) is 7.04. The Balaban J connectivity index is 1.26. The van der Waals surface area contributed by atoms with E-state index in [-0.39, 0.29) is 6.10 Å². The molecule has 1 aliphatic heterocycles. The van der Waals surface area contributed by atoms with E-state index in [1.807, 2.05) is 38.1 Å². The highest BCUT2D eigenvalue weighted by Crippen LogP contribution is 2.34. The zero-order valence-corrected chi connectivity index (χ0v) is 20.4. The predicted octanol–water partition coefficient (Wildman–Crippen LogP) is 4.33. The second kappa shape index (κ2) is 9.44. The Morgan fingerprint density at radius 1 is 1.14 bits per heavy atom. The highest BCUT2D eigenvalue weighted by Gasteiger charge is 2.31. The van der Waals surface area contributed by atoms with Gasteiger partial charge in [0.05, 0.1) is 11.7 Å². The van der Waals surface area contributed by atoms with E-state index in [9.17, 15) is 5.26 Å². The fraction of sp³-hybridized carbons (Fsp3) is 0.259. The lowest BCUT2D eigenvalue weighted by Gasteiger charge is -2.37. The van der Waals surface area contributed by atoms with E-state index in [4.69, 9.17) is 9.26 Å². The van der Waals surface area contributed by atoms with E-state index in [1.165, 1.54) is 5.56 Å². The van der Waals surface area contributed by atoms with E-state index < -0.39 is 0 Å². The minimum absolute atomic E-state index is 0.0302. The van der Waals surface area contributed by atoms with Crippen molar-refractivity contribution in [2.75, 3.05) is 13.1 Å². The number of rotatable bonds is 7. The van der Waals surface area contributed by atoms with Crippen molar-refractivity contribution in [2.45, 2.75) is 32.4 Å². The van der Waals surface area contributed by atoms with Gasteiger partial charge in [0.1, 0.15) is 11.8 Å². The Morgan fingerprint density at radius 2 is 1.97 bits per heavy atom. The third-order valence-corrected chi connectivity index (χ3v) is 6.49. The molecule has 0 saturated carbocycles. The van der Waals surface area contributed by atoms with Crippen molar-refractivity contribution in [3.05, 3.63) is 71.5 Å². The maximum Gasteiger partial charge on any atom is 0.258 e. The largest absolute Gasteiger partial charge is 0.490 e. The molecule has 2 aromatic heterocycles. The predicted molar refractivity (Wildman–Crippen MR) is 135 cm³/mol. The van der Waals surface area contributed by atoms with E-state index in [1.54, 1.807) is 12.1 Å². The van der Waals surface area contributed by atoms with Crippen LogP contribution in [0.5, 0.6) is 5.75 Å². The van der Waals surface area contributed by atoms with Gasteiger partial charge in [-0.15, -0.1) is 5.10 Å². The molecule has 0 amide bonds. The summed E-state index contributed by atoms with van der Waals surface area (Å²) in [5.41, 5.74) is 3.22. The first-order valence-corrected chi connectivity index (χ1v) is 12.1. The number of tetrazole rings is 1. The van der Waals surface area contributed by atoms with Crippen molar-refractivity contribution in [3.63, 3.8) is 0 Å². The summed E-state index contributed by atoms with van der Waals surface area (Å²) in [6.45, 7) is 6.50. The molecule has 10 heteroatoms. The molecular formula is C27H24N8O2. The number of aromatic nitrogens is 6. The van der Waals surface area contributed by atoms with Crippen LogP contribution in [0.1, 0.15) is 36.7 Å². The lowest BCUT2D eigenvalue weighted by molar-refractivity contribution is 0.135. The molecule has 10 nitrogen and oxygen atoms in total. The summed E-state index contributed by atoms with van der Waals surface area (Å²) in [6, 6.07) is 19.9.